The first-order chi connectivity index (χ1) is 15.5. The van der Waals surface area contributed by atoms with E-state index in [4.69, 9.17) is 0 Å². The Kier molecular flexibility index (Phi) is 6.40. The lowest BCUT2D eigenvalue weighted by molar-refractivity contribution is 0.0697. The van der Waals surface area contributed by atoms with E-state index >= 15 is 0 Å². The number of carboxylic acid groups (broad SMARTS) is 1. The second-order valence-electron chi connectivity index (χ2n) is 8.43. The van der Waals surface area contributed by atoms with Gasteiger partial charge in [-0.15, -0.1) is 0 Å². The summed E-state index contributed by atoms with van der Waals surface area (Å²) in [7, 11) is 0. The molecule has 0 aliphatic heterocycles. The minimum Gasteiger partial charge on any atom is -0.478 e. The number of hydrogen-bond acceptors (Lipinski definition) is 3. The van der Waals surface area contributed by atoms with Crippen LogP contribution in [-0.2, 0) is 13.0 Å². The van der Waals surface area contributed by atoms with Gasteiger partial charge in [0.25, 0.3) is 0 Å². The van der Waals surface area contributed by atoms with Crippen molar-refractivity contribution >= 4 is 11.9 Å². The lowest BCUT2D eigenvalue weighted by Crippen LogP contribution is -2.34. The SMILES string of the molecule is CCc1cn(C(=O)C2CCCCC2)c(=O)n1Cc1ccc(-c2ccccc2C(=O)O)cc1. The van der Waals surface area contributed by atoms with Gasteiger partial charge in [-0.1, -0.05) is 68.7 Å². The van der Waals surface area contributed by atoms with Crippen LogP contribution in [0.1, 0.15) is 65.4 Å². The summed E-state index contributed by atoms with van der Waals surface area (Å²) in [4.78, 5) is 37.5. The van der Waals surface area contributed by atoms with E-state index in [0.29, 0.717) is 18.5 Å². The zero-order chi connectivity index (χ0) is 22.7. The number of nitrogens with zero attached hydrogens (tertiary/aromatic N) is 2. The van der Waals surface area contributed by atoms with E-state index in [1.54, 1.807) is 29.0 Å². The molecule has 166 valence electrons. The summed E-state index contributed by atoms with van der Waals surface area (Å²) in [5.41, 5.74) is 3.18. The predicted octanol–water partition coefficient (Wildman–Crippen LogP) is 4.85. The van der Waals surface area contributed by atoms with E-state index in [2.05, 4.69) is 0 Å². The van der Waals surface area contributed by atoms with Gasteiger partial charge in [0.05, 0.1) is 12.1 Å². The van der Waals surface area contributed by atoms with Gasteiger partial charge in [-0.05, 0) is 42.0 Å². The van der Waals surface area contributed by atoms with E-state index < -0.39 is 5.97 Å². The molecule has 0 unspecified atom stereocenters. The number of aromatic nitrogens is 2. The van der Waals surface area contributed by atoms with Crippen molar-refractivity contribution in [3.05, 3.63) is 82.0 Å². The van der Waals surface area contributed by atoms with Crippen molar-refractivity contribution < 1.29 is 14.7 Å². The van der Waals surface area contributed by atoms with Gasteiger partial charge in [-0.25, -0.2) is 14.2 Å². The summed E-state index contributed by atoms with van der Waals surface area (Å²) in [6.07, 6.45) is 7.33. The van der Waals surface area contributed by atoms with Gasteiger partial charge in [-0.3, -0.25) is 9.36 Å². The molecule has 0 radical (unpaired) electrons. The third-order valence-corrected chi connectivity index (χ3v) is 6.38. The highest BCUT2D eigenvalue weighted by atomic mass is 16.4. The lowest BCUT2D eigenvalue weighted by Gasteiger charge is -2.19. The fraction of sp³-hybridized carbons (Fsp3) is 0.346. The normalized spacial score (nSPS) is 14.4. The Morgan fingerprint density at radius 1 is 1.00 bits per heavy atom. The second-order valence-corrected chi connectivity index (χ2v) is 8.43. The Hall–Kier alpha value is -3.41. The average molecular weight is 433 g/mol. The Morgan fingerprint density at radius 2 is 1.69 bits per heavy atom. The van der Waals surface area contributed by atoms with Gasteiger partial charge < -0.3 is 5.11 Å². The molecule has 0 saturated heterocycles. The van der Waals surface area contributed by atoms with Crippen LogP contribution in [0.5, 0.6) is 0 Å². The van der Waals surface area contributed by atoms with Gasteiger partial charge in [-0.2, -0.15) is 0 Å². The summed E-state index contributed by atoms with van der Waals surface area (Å²) >= 11 is 0. The first kappa shape index (κ1) is 21.8. The van der Waals surface area contributed by atoms with Crippen molar-refractivity contribution in [2.45, 2.75) is 52.0 Å². The molecule has 1 heterocycles. The summed E-state index contributed by atoms with van der Waals surface area (Å²) in [6.45, 7) is 2.35. The van der Waals surface area contributed by atoms with E-state index in [1.807, 2.05) is 37.3 Å². The molecule has 32 heavy (non-hydrogen) atoms. The van der Waals surface area contributed by atoms with Gasteiger partial charge in [0, 0.05) is 17.8 Å². The van der Waals surface area contributed by atoms with Crippen molar-refractivity contribution in [3.8, 4) is 11.1 Å². The first-order valence-corrected chi connectivity index (χ1v) is 11.3. The zero-order valence-corrected chi connectivity index (χ0v) is 18.3. The van der Waals surface area contributed by atoms with Crippen LogP contribution in [-0.4, -0.2) is 26.1 Å². The number of carbonyl (C=O) groups is 2. The topological polar surface area (TPSA) is 81.3 Å². The standard InChI is InChI=1S/C26H28N2O4/c1-2-21-17-28(24(29)20-8-4-3-5-9-20)26(32)27(21)16-18-12-14-19(15-13-18)22-10-6-7-11-23(22)25(30)31/h6-7,10-15,17,20H,2-5,8-9,16H2,1H3,(H,30,31). The molecule has 4 rings (SSSR count). The molecule has 1 saturated carbocycles. The highest BCUT2D eigenvalue weighted by molar-refractivity contribution is 5.96. The molecule has 0 spiro atoms. The molecule has 1 fully saturated rings. The number of hydrogen-bond donors (Lipinski definition) is 1. The molecule has 0 atom stereocenters. The largest absolute Gasteiger partial charge is 0.478 e. The highest BCUT2D eigenvalue weighted by Crippen LogP contribution is 2.26. The van der Waals surface area contributed by atoms with Crippen molar-refractivity contribution in [1.29, 1.82) is 0 Å². The summed E-state index contributed by atoms with van der Waals surface area (Å²) in [5, 5.41) is 9.44. The van der Waals surface area contributed by atoms with Gasteiger partial charge >= 0.3 is 11.7 Å². The molecule has 3 aromatic rings. The number of benzene rings is 2. The molecule has 1 aromatic heterocycles. The third-order valence-electron chi connectivity index (χ3n) is 6.38. The van der Waals surface area contributed by atoms with E-state index in [9.17, 15) is 19.5 Å². The van der Waals surface area contributed by atoms with E-state index in [-0.39, 0.29) is 23.1 Å². The maximum atomic E-state index is 13.1. The van der Waals surface area contributed by atoms with Gasteiger partial charge in [0.15, 0.2) is 0 Å². The predicted molar refractivity (Wildman–Crippen MR) is 123 cm³/mol. The molecule has 1 aliphatic carbocycles. The van der Waals surface area contributed by atoms with Crippen LogP contribution in [0.4, 0.5) is 0 Å². The number of carboxylic acids is 1. The van der Waals surface area contributed by atoms with Crippen LogP contribution < -0.4 is 5.69 Å². The maximum absolute atomic E-state index is 13.1. The Morgan fingerprint density at radius 3 is 2.34 bits per heavy atom. The summed E-state index contributed by atoms with van der Waals surface area (Å²) in [6, 6.07) is 14.4. The van der Waals surface area contributed by atoms with Crippen LogP contribution in [0.3, 0.4) is 0 Å². The van der Waals surface area contributed by atoms with Crippen molar-refractivity contribution in [3.63, 3.8) is 0 Å². The number of rotatable bonds is 6. The van der Waals surface area contributed by atoms with Crippen LogP contribution in [0, 0.1) is 5.92 Å². The molecule has 6 nitrogen and oxygen atoms in total. The zero-order valence-electron chi connectivity index (χ0n) is 18.3. The van der Waals surface area contributed by atoms with Crippen molar-refractivity contribution in [1.82, 2.24) is 9.13 Å². The Balaban J connectivity index is 1.59. The fourth-order valence-electron chi connectivity index (χ4n) is 4.58. The molecule has 2 aromatic carbocycles. The minimum atomic E-state index is -0.965. The quantitative estimate of drug-likeness (QED) is 0.604. The number of carbonyl (C=O) groups excluding carboxylic acids is 1. The second kappa shape index (κ2) is 9.39. The molecule has 1 aliphatic rings. The fourth-order valence-corrected chi connectivity index (χ4v) is 4.58. The third kappa shape index (κ3) is 4.31. The monoisotopic (exact) mass is 432 g/mol. The molecule has 0 amide bonds. The molecular formula is C26H28N2O4. The molecule has 0 bridgehead atoms. The van der Waals surface area contributed by atoms with Crippen LogP contribution in [0.25, 0.3) is 11.1 Å². The smallest absolute Gasteiger partial charge is 0.336 e. The molecule has 1 N–H and O–H groups in total. The number of aromatic carboxylic acids is 1. The van der Waals surface area contributed by atoms with Gasteiger partial charge in [0.1, 0.15) is 0 Å². The van der Waals surface area contributed by atoms with Gasteiger partial charge in [0.2, 0.25) is 5.91 Å². The average Bonchev–Trinajstić information content (AvgIpc) is 3.14. The molecule has 6 heteroatoms. The Labute approximate surface area is 187 Å². The van der Waals surface area contributed by atoms with E-state index in [1.165, 1.54) is 4.57 Å². The maximum Gasteiger partial charge on any atom is 0.336 e. The van der Waals surface area contributed by atoms with E-state index in [0.717, 1.165) is 48.9 Å². The van der Waals surface area contributed by atoms with Crippen LogP contribution >= 0.6 is 0 Å². The highest BCUT2D eigenvalue weighted by Gasteiger charge is 2.25. The number of aryl methyl sites for hydroxylation is 1. The Bertz CT molecular complexity index is 1180. The van der Waals surface area contributed by atoms with Crippen molar-refractivity contribution in [2.24, 2.45) is 5.92 Å². The number of imidazole rings is 1. The minimum absolute atomic E-state index is 0.0596. The summed E-state index contributed by atoms with van der Waals surface area (Å²) in [5.74, 6) is -1.10. The van der Waals surface area contributed by atoms with Crippen LogP contribution in [0.15, 0.2) is 59.5 Å². The summed E-state index contributed by atoms with van der Waals surface area (Å²) < 4.78 is 2.98. The molecular weight excluding hydrogens is 404 g/mol. The van der Waals surface area contributed by atoms with Crippen molar-refractivity contribution in [2.75, 3.05) is 0 Å². The first-order valence-electron chi connectivity index (χ1n) is 11.3. The van der Waals surface area contributed by atoms with Crippen LogP contribution in [0.2, 0.25) is 0 Å². The lowest BCUT2D eigenvalue weighted by atomic mass is 9.88.